The molecule has 4 aromatic rings. The topological polar surface area (TPSA) is 73.8 Å². The molecule has 8 nitrogen and oxygen atoms in total. The molecule has 0 aliphatic carbocycles. The van der Waals surface area contributed by atoms with Crippen molar-refractivity contribution in [2.45, 2.75) is 18.1 Å². The predicted octanol–water partition coefficient (Wildman–Crippen LogP) is 7.42. The van der Waals surface area contributed by atoms with Gasteiger partial charge in [-0.05, 0) is 11.1 Å². The van der Waals surface area contributed by atoms with E-state index in [0.717, 1.165) is 22.3 Å². The molecule has 228 valence electrons. The molecule has 0 saturated heterocycles. The van der Waals surface area contributed by atoms with Crippen molar-refractivity contribution in [1.82, 2.24) is 0 Å². The first kappa shape index (κ1) is 29.1. The zero-order chi connectivity index (χ0) is 30.8. The van der Waals surface area contributed by atoms with E-state index in [1.807, 2.05) is 42.5 Å². The lowest BCUT2D eigenvalue weighted by molar-refractivity contribution is -0.0138. The third kappa shape index (κ3) is 4.80. The first-order valence-electron chi connectivity index (χ1n) is 14.4. The summed E-state index contributed by atoms with van der Waals surface area (Å²) >= 11 is 0. The molecule has 0 amide bonds. The Hall–Kier alpha value is -4.98. The zero-order valence-corrected chi connectivity index (χ0v) is 25.7. The minimum absolute atomic E-state index is 0.255. The van der Waals surface area contributed by atoms with E-state index in [9.17, 15) is 0 Å². The van der Waals surface area contributed by atoms with Crippen LogP contribution in [-0.2, 0) is 0 Å². The van der Waals surface area contributed by atoms with E-state index in [1.165, 1.54) is 0 Å². The van der Waals surface area contributed by atoms with Gasteiger partial charge in [-0.3, -0.25) is 0 Å². The van der Waals surface area contributed by atoms with Gasteiger partial charge in [-0.1, -0.05) is 72.8 Å². The molecule has 2 heterocycles. The Morgan fingerprint density at radius 2 is 1.05 bits per heavy atom. The van der Waals surface area contributed by atoms with Crippen LogP contribution in [0.4, 0.5) is 0 Å². The van der Waals surface area contributed by atoms with Crippen molar-refractivity contribution < 1.29 is 37.9 Å². The standard InChI is InChI=1S/C36H36O8/c1-37-24-19-26(39-3)32(41-5)35-28(24)23(18-17-21-13-9-7-10-14-21)29-31(22-15-11-8-12-16-22)43-36-30(34(29)44-35)25(38-2)20-27(40-4)33(36)42-6/h7-20,23,29,31,34H,1-6H3/b18-17+/t23-,29+,31+,34+/m0/s1. The van der Waals surface area contributed by atoms with Gasteiger partial charge in [-0.15, -0.1) is 0 Å². The number of fused-ring (bicyclic) bond motifs is 4. The van der Waals surface area contributed by atoms with E-state index in [2.05, 4.69) is 36.4 Å². The van der Waals surface area contributed by atoms with E-state index in [0.29, 0.717) is 46.0 Å². The van der Waals surface area contributed by atoms with Crippen molar-refractivity contribution >= 4 is 6.08 Å². The van der Waals surface area contributed by atoms with Gasteiger partial charge in [0.2, 0.25) is 11.5 Å². The van der Waals surface area contributed by atoms with Gasteiger partial charge in [0.1, 0.15) is 23.7 Å². The molecule has 2 aliphatic rings. The van der Waals surface area contributed by atoms with Gasteiger partial charge < -0.3 is 37.9 Å². The normalized spacial score (nSPS) is 19.9. The Balaban J connectivity index is 1.68. The molecule has 0 spiro atoms. The van der Waals surface area contributed by atoms with E-state index >= 15 is 0 Å². The molecule has 4 aromatic carbocycles. The summed E-state index contributed by atoms with van der Waals surface area (Å²) in [5, 5.41) is 0. The highest BCUT2D eigenvalue weighted by atomic mass is 16.6. The summed E-state index contributed by atoms with van der Waals surface area (Å²) in [7, 11) is 9.65. The quantitative estimate of drug-likeness (QED) is 0.198. The highest BCUT2D eigenvalue weighted by Gasteiger charge is 2.53. The predicted molar refractivity (Wildman–Crippen MR) is 167 cm³/mol. The number of hydrogen-bond donors (Lipinski definition) is 0. The highest BCUT2D eigenvalue weighted by molar-refractivity contribution is 5.69. The fourth-order valence-corrected chi connectivity index (χ4v) is 6.39. The van der Waals surface area contributed by atoms with Crippen LogP contribution in [-0.4, -0.2) is 42.7 Å². The second-order valence-corrected chi connectivity index (χ2v) is 10.5. The Morgan fingerprint density at radius 1 is 0.545 bits per heavy atom. The minimum atomic E-state index is -0.553. The third-order valence-electron chi connectivity index (χ3n) is 8.34. The van der Waals surface area contributed by atoms with Gasteiger partial charge in [0.05, 0.1) is 54.1 Å². The van der Waals surface area contributed by atoms with Crippen LogP contribution < -0.4 is 37.9 Å². The second-order valence-electron chi connectivity index (χ2n) is 10.5. The largest absolute Gasteiger partial charge is 0.496 e. The molecular weight excluding hydrogens is 560 g/mol. The summed E-state index contributed by atoms with van der Waals surface area (Å²) in [6.45, 7) is 0. The maximum atomic E-state index is 7.04. The number of methoxy groups -OCH3 is 6. The Bertz CT molecular complexity index is 1650. The summed E-state index contributed by atoms with van der Waals surface area (Å²) in [6.07, 6.45) is 3.31. The summed E-state index contributed by atoms with van der Waals surface area (Å²) < 4.78 is 49.2. The van der Waals surface area contributed by atoms with E-state index in [-0.39, 0.29) is 11.8 Å². The molecule has 0 N–H and O–H groups in total. The molecule has 4 atom stereocenters. The fourth-order valence-electron chi connectivity index (χ4n) is 6.39. The molecule has 0 bridgehead atoms. The van der Waals surface area contributed by atoms with Gasteiger partial charge in [-0.25, -0.2) is 0 Å². The van der Waals surface area contributed by atoms with Crippen LogP contribution in [0.5, 0.6) is 46.0 Å². The van der Waals surface area contributed by atoms with Gasteiger partial charge >= 0.3 is 0 Å². The SMILES string of the molecule is COc1cc(OC)c2c(c1OC)O[C@H]1c3c(OC)cc(OC)c(OC)c3O[C@H](c3ccccc3)[C@H]1[C@H]2/C=C/c1ccccc1. The second kappa shape index (κ2) is 12.3. The smallest absolute Gasteiger partial charge is 0.204 e. The summed E-state index contributed by atoms with van der Waals surface area (Å²) in [4.78, 5) is 0. The fraction of sp³-hybridized carbons (Fsp3) is 0.278. The maximum absolute atomic E-state index is 7.04. The lowest BCUT2D eigenvalue weighted by Crippen LogP contribution is -2.39. The Morgan fingerprint density at radius 3 is 1.59 bits per heavy atom. The van der Waals surface area contributed by atoms with Crippen molar-refractivity contribution in [2.75, 3.05) is 42.7 Å². The Kier molecular flexibility index (Phi) is 8.15. The molecule has 44 heavy (non-hydrogen) atoms. The van der Waals surface area contributed by atoms with Crippen molar-refractivity contribution in [2.24, 2.45) is 5.92 Å². The van der Waals surface area contributed by atoms with Crippen LogP contribution in [0, 0.1) is 5.92 Å². The molecule has 6 rings (SSSR count). The molecule has 0 fully saturated rings. The van der Waals surface area contributed by atoms with Gasteiger partial charge in [-0.2, -0.15) is 0 Å². The molecule has 0 unspecified atom stereocenters. The summed E-state index contributed by atoms with van der Waals surface area (Å²) in [6, 6.07) is 24.0. The third-order valence-corrected chi connectivity index (χ3v) is 8.34. The molecule has 0 saturated carbocycles. The van der Waals surface area contributed by atoms with E-state index in [4.69, 9.17) is 37.9 Å². The van der Waals surface area contributed by atoms with Crippen LogP contribution >= 0.6 is 0 Å². The summed E-state index contributed by atoms with van der Waals surface area (Å²) in [5.41, 5.74) is 3.61. The molecule has 2 aliphatic heterocycles. The molecule has 8 heteroatoms. The molecular formula is C36H36O8. The lowest BCUT2D eigenvalue weighted by atomic mass is 9.70. The first-order valence-corrected chi connectivity index (χ1v) is 14.4. The van der Waals surface area contributed by atoms with Crippen LogP contribution in [0.3, 0.4) is 0 Å². The van der Waals surface area contributed by atoms with Crippen LogP contribution in [0.25, 0.3) is 6.08 Å². The van der Waals surface area contributed by atoms with Crippen molar-refractivity contribution in [3.63, 3.8) is 0 Å². The van der Waals surface area contributed by atoms with Gasteiger partial charge in [0.15, 0.2) is 23.0 Å². The van der Waals surface area contributed by atoms with Gasteiger partial charge in [0, 0.05) is 23.6 Å². The number of rotatable bonds is 9. The van der Waals surface area contributed by atoms with Crippen LogP contribution in [0.1, 0.15) is 40.4 Å². The maximum Gasteiger partial charge on any atom is 0.204 e. The minimum Gasteiger partial charge on any atom is -0.496 e. The number of benzene rings is 4. The average molecular weight is 597 g/mol. The van der Waals surface area contributed by atoms with Crippen molar-refractivity contribution in [3.05, 3.63) is 101 Å². The first-order chi connectivity index (χ1) is 21.6. The number of ether oxygens (including phenoxy) is 8. The van der Waals surface area contributed by atoms with Crippen LogP contribution in [0.2, 0.25) is 0 Å². The summed E-state index contributed by atoms with van der Waals surface area (Å²) in [5.74, 6) is 3.62. The van der Waals surface area contributed by atoms with Gasteiger partial charge in [0.25, 0.3) is 0 Å². The van der Waals surface area contributed by atoms with E-state index < -0.39 is 12.2 Å². The van der Waals surface area contributed by atoms with Crippen molar-refractivity contribution in [3.8, 4) is 46.0 Å². The van der Waals surface area contributed by atoms with E-state index in [1.54, 1.807) is 48.7 Å². The average Bonchev–Trinajstić information content (AvgIpc) is 3.08. The zero-order valence-electron chi connectivity index (χ0n) is 25.7. The molecule has 0 aromatic heterocycles. The Labute approximate surface area is 257 Å². The van der Waals surface area contributed by atoms with Crippen LogP contribution in [0.15, 0.2) is 78.9 Å². The number of allylic oxidation sites excluding steroid dienone is 1. The molecule has 0 radical (unpaired) electrons. The lowest BCUT2D eigenvalue weighted by Gasteiger charge is -2.47. The monoisotopic (exact) mass is 596 g/mol. The number of hydrogen-bond acceptors (Lipinski definition) is 8. The van der Waals surface area contributed by atoms with Crippen molar-refractivity contribution in [1.29, 1.82) is 0 Å². The highest BCUT2D eigenvalue weighted by Crippen LogP contribution is 2.65.